The highest BCUT2D eigenvalue weighted by molar-refractivity contribution is 6.30. The molecule has 0 spiro atoms. The lowest BCUT2D eigenvalue weighted by atomic mass is 9.92. The summed E-state index contributed by atoms with van der Waals surface area (Å²) in [6, 6.07) is 19.8. The van der Waals surface area contributed by atoms with E-state index >= 15 is 0 Å². The van der Waals surface area contributed by atoms with Gasteiger partial charge < -0.3 is 10.2 Å². The van der Waals surface area contributed by atoms with E-state index in [1.165, 1.54) is 12.5 Å². The summed E-state index contributed by atoms with van der Waals surface area (Å²) in [5, 5.41) is 3.59. The van der Waals surface area contributed by atoms with E-state index < -0.39 is 0 Å². The summed E-state index contributed by atoms with van der Waals surface area (Å²) in [6.07, 6.45) is 1.69. The number of fused-ring (bicyclic) bond motifs is 2. The van der Waals surface area contributed by atoms with Crippen molar-refractivity contribution >= 4 is 34.8 Å². The molecule has 0 fully saturated rings. The number of hydrogen-bond donors (Lipinski definition) is 1. The lowest BCUT2D eigenvalue weighted by molar-refractivity contribution is -0.117. The van der Waals surface area contributed by atoms with Crippen LogP contribution in [0.4, 0.5) is 11.4 Å². The van der Waals surface area contributed by atoms with Crippen molar-refractivity contribution in [3.05, 3.63) is 82.4 Å². The second-order valence-electron chi connectivity index (χ2n) is 7.59. The first-order valence-corrected chi connectivity index (χ1v) is 10.4. The zero-order chi connectivity index (χ0) is 21.3. The molecular weight excluding hydrogens is 396 g/mol. The maximum atomic E-state index is 12.5. The summed E-state index contributed by atoms with van der Waals surface area (Å²) >= 11 is 6.20. The normalized spacial score (nSPS) is 13.0. The van der Waals surface area contributed by atoms with Crippen LogP contribution in [-0.2, 0) is 29.0 Å². The predicted octanol–water partition coefficient (Wildman–Crippen LogP) is 5.62. The molecular formula is C25H23ClN2O2. The Bertz CT molecular complexity index is 1140. The van der Waals surface area contributed by atoms with E-state index in [0.717, 1.165) is 46.5 Å². The highest BCUT2D eigenvalue weighted by Crippen LogP contribution is 2.34. The molecule has 1 N–H and O–H groups in total. The van der Waals surface area contributed by atoms with E-state index in [1.807, 2.05) is 47.4 Å². The number of nitrogens with zero attached hydrogens (tertiary/aromatic N) is 1. The molecule has 0 saturated heterocycles. The number of carbonyl (C=O) groups excluding carboxylic acids is 2. The smallest absolute Gasteiger partial charge is 0.224 e. The lowest BCUT2D eigenvalue weighted by Gasteiger charge is -2.28. The number of amides is 2. The third-order valence-electron chi connectivity index (χ3n) is 5.46. The largest absolute Gasteiger partial charge is 0.326 e. The molecule has 0 bridgehead atoms. The molecule has 0 radical (unpaired) electrons. The quantitative estimate of drug-likeness (QED) is 0.587. The number of nitrogens with one attached hydrogen (secondary N) is 1. The van der Waals surface area contributed by atoms with Gasteiger partial charge in [-0.3, -0.25) is 9.59 Å². The molecule has 1 heterocycles. The van der Waals surface area contributed by atoms with Gasteiger partial charge in [-0.15, -0.1) is 0 Å². The Morgan fingerprint density at radius 1 is 0.900 bits per heavy atom. The van der Waals surface area contributed by atoms with Crippen LogP contribution >= 0.6 is 11.6 Å². The Morgan fingerprint density at radius 3 is 2.43 bits per heavy atom. The summed E-state index contributed by atoms with van der Waals surface area (Å²) in [5.41, 5.74) is 7.08. The summed E-state index contributed by atoms with van der Waals surface area (Å²) in [7, 11) is 0. The van der Waals surface area contributed by atoms with Gasteiger partial charge in [0.05, 0.1) is 6.54 Å². The summed E-state index contributed by atoms with van der Waals surface area (Å²) in [4.78, 5) is 25.9. The number of rotatable bonds is 2. The third-order valence-corrected chi connectivity index (χ3v) is 5.69. The van der Waals surface area contributed by atoms with Crippen LogP contribution in [0.3, 0.4) is 0 Å². The number of carbonyl (C=O) groups is 2. The fourth-order valence-electron chi connectivity index (χ4n) is 4.04. The van der Waals surface area contributed by atoms with Gasteiger partial charge in [-0.2, -0.15) is 0 Å². The standard InChI is InChI=1S/C25H23ClN2O2/c1-16(29)27-24-6-4-3-5-23(24)19-9-7-18-8-10-20-14-22(26)11-12-25(20)28(17(2)30)15-21(18)13-19/h3-7,9,11-14H,8,10,15H2,1-2H3,(H,27,29). The van der Waals surface area contributed by atoms with Crippen molar-refractivity contribution in [3.8, 4) is 11.1 Å². The number of aryl methyl sites for hydroxylation is 2. The monoisotopic (exact) mass is 418 g/mol. The summed E-state index contributed by atoms with van der Waals surface area (Å²) in [6.45, 7) is 3.59. The van der Waals surface area contributed by atoms with Gasteiger partial charge >= 0.3 is 0 Å². The molecule has 2 amide bonds. The molecule has 152 valence electrons. The van der Waals surface area contributed by atoms with Crippen molar-refractivity contribution in [2.45, 2.75) is 33.2 Å². The second-order valence-corrected chi connectivity index (χ2v) is 8.02. The Kier molecular flexibility index (Phi) is 5.60. The Hall–Kier alpha value is -3.11. The molecule has 3 aromatic rings. The van der Waals surface area contributed by atoms with E-state index in [9.17, 15) is 9.59 Å². The van der Waals surface area contributed by atoms with Gasteiger partial charge in [0.1, 0.15) is 0 Å². The van der Waals surface area contributed by atoms with Gasteiger partial charge in [0.2, 0.25) is 11.8 Å². The van der Waals surface area contributed by atoms with Crippen molar-refractivity contribution in [2.75, 3.05) is 10.2 Å². The van der Waals surface area contributed by atoms with Crippen LogP contribution in [0.15, 0.2) is 60.7 Å². The minimum absolute atomic E-state index is 0.00419. The summed E-state index contributed by atoms with van der Waals surface area (Å²) < 4.78 is 0. The molecule has 0 aromatic heterocycles. The van der Waals surface area contributed by atoms with E-state index in [-0.39, 0.29) is 11.8 Å². The number of para-hydroxylation sites is 1. The second kappa shape index (κ2) is 8.33. The molecule has 1 aliphatic heterocycles. The van der Waals surface area contributed by atoms with E-state index in [2.05, 4.69) is 23.5 Å². The van der Waals surface area contributed by atoms with Crippen molar-refractivity contribution in [2.24, 2.45) is 0 Å². The molecule has 0 aliphatic carbocycles. The highest BCUT2D eigenvalue weighted by Gasteiger charge is 2.21. The first-order valence-electron chi connectivity index (χ1n) is 9.97. The molecule has 0 saturated carbocycles. The van der Waals surface area contributed by atoms with Crippen LogP contribution in [0.25, 0.3) is 11.1 Å². The van der Waals surface area contributed by atoms with E-state index in [1.54, 1.807) is 6.92 Å². The third kappa shape index (κ3) is 4.10. The fraction of sp³-hybridized carbons (Fsp3) is 0.200. The van der Waals surface area contributed by atoms with Crippen molar-refractivity contribution in [1.82, 2.24) is 0 Å². The van der Waals surface area contributed by atoms with Crippen molar-refractivity contribution < 1.29 is 9.59 Å². The SMILES string of the molecule is CC(=O)Nc1ccccc1-c1ccc2c(c1)CN(C(C)=O)c1ccc(Cl)cc1CC2. The number of anilines is 2. The number of halogens is 1. The van der Waals surface area contributed by atoms with Crippen LogP contribution in [0.1, 0.15) is 30.5 Å². The predicted molar refractivity (Wildman–Crippen MR) is 122 cm³/mol. The van der Waals surface area contributed by atoms with Gasteiger partial charge in [-0.25, -0.2) is 0 Å². The zero-order valence-corrected chi connectivity index (χ0v) is 17.8. The van der Waals surface area contributed by atoms with Gasteiger partial charge in [0, 0.05) is 35.8 Å². The van der Waals surface area contributed by atoms with Gasteiger partial charge in [-0.05, 0) is 65.4 Å². The number of benzene rings is 3. The lowest BCUT2D eigenvalue weighted by Crippen LogP contribution is -2.30. The Morgan fingerprint density at radius 2 is 1.67 bits per heavy atom. The number of hydrogen-bond acceptors (Lipinski definition) is 2. The van der Waals surface area contributed by atoms with E-state index in [0.29, 0.717) is 11.6 Å². The molecule has 4 rings (SSSR count). The molecule has 4 nitrogen and oxygen atoms in total. The van der Waals surface area contributed by atoms with Crippen LogP contribution in [0.5, 0.6) is 0 Å². The van der Waals surface area contributed by atoms with Gasteiger partial charge in [0.15, 0.2) is 0 Å². The van der Waals surface area contributed by atoms with Crippen LogP contribution in [0.2, 0.25) is 5.02 Å². The maximum absolute atomic E-state index is 12.5. The average Bonchev–Trinajstić information content (AvgIpc) is 2.69. The van der Waals surface area contributed by atoms with E-state index in [4.69, 9.17) is 11.6 Å². The average molecular weight is 419 g/mol. The topological polar surface area (TPSA) is 49.4 Å². The molecule has 1 aliphatic rings. The van der Waals surface area contributed by atoms with Crippen molar-refractivity contribution in [1.29, 1.82) is 0 Å². The first kappa shape index (κ1) is 20.2. The minimum Gasteiger partial charge on any atom is -0.326 e. The molecule has 30 heavy (non-hydrogen) atoms. The molecule has 0 atom stereocenters. The summed E-state index contributed by atoms with van der Waals surface area (Å²) in [5.74, 6) is -0.109. The minimum atomic E-state index is -0.105. The molecule has 5 heteroatoms. The van der Waals surface area contributed by atoms with Gasteiger partial charge in [0.25, 0.3) is 0 Å². The van der Waals surface area contributed by atoms with Crippen molar-refractivity contribution in [3.63, 3.8) is 0 Å². The first-order chi connectivity index (χ1) is 14.4. The fourth-order valence-corrected chi connectivity index (χ4v) is 4.24. The molecule has 3 aromatic carbocycles. The highest BCUT2D eigenvalue weighted by atomic mass is 35.5. The molecule has 0 unspecified atom stereocenters. The van der Waals surface area contributed by atoms with Crippen LogP contribution in [0, 0.1) is 0 Å². The van der Waals surface area contributed by atoms with Gasteiger partial charge in [-0.1, -0.05) is 41.9 Å². The maximum Gasteiger partial charge on any atom is 0.224 e. The zero-order valence-electron chi connectivity index (χ0n) is 17.0. The Labute approximate surface area is 181 Å². The van der Waals surface area contributed by atoms with Crippen LogP contribution in [-0.4, -0.2) is 11.8 Å². The van der Waals surface area contributed by atoms with Crippen LogP contribution < -0.4 is 10.2 Å². The Balaban J connectivity index is 1.77.